The van der Waals surface area contributed by atoms with E-state index >= 15 is 0 Å². The molecule has 0 aliphatic heterocycles. The van der Waals surface area contributed by atoms with Gasteiger partial charge in [-0.15, -0.1) is 0 Å². The van der Waals surface area contributed by atoms with Gasteiger partial charge in [-0.25, -0.2) is 4.68 Å². The summed E-state index contributed by atoms with van der Waals surface area (Å²) >= 11 is 0. The van der Waals surface area contributed by atoms with Gasteiger partial charge in [0.05, 0.1) is 5.69 Å². The highest BCUT2D eigenvalue weighted by molar-refractivity contribution is 6.32. The smallest absolute Gasteiger partial charge is 0.211 e. The molecule has 0 amide bonds. The maximum absolute atomic E-state index is 12.6. The molecular formula is C17H17BN4O. The minimum Gasteiger partial charge on any atom is -0.394 e. The molecule has 2 radical (unpaired) electrons. The van der Waals surface area contributed by atoms with Gasteiger partial charge in [0.2, 0.25) is 5.78 Å². The van der Waals surface area contributed by atoms with Crippen molar-refractivity contribution in [2.24, 2.45) is 0 Å². The lowest BCUT2D eigenvalue weighted by atomic mass is 9.95. The van der Waals surface area contributed by atoms with E-state index in [9.17, 15) is 4.79 Å². The van der Waals surface area contributed by atoms with Gasteiger partial charge >= 0.3 is 0 Å². The van der Waals surface area contributed by atoms with Gasteiger partial charge in [-0.2, -0.15) is 5.10 Å². The van der Waals surface area contributed by atoms with Gasteiger partial charge in [-0.1, -0.05) is 35.3 Å². The van der Waals surface area contributed by atoms with Crippen LogP contribution in [0.4, 0.5) is 11.5 Å². The van der Waals surface area contributed by atoms with E-state index in [2.05, 4.69) is 5.10 Å². The van der Waals surface area contributed by atoms with Gasteiger partial charge in [0, 0.05) is 5.57 Å². The Hall–Kier alpha value is -2.76. The number of nitrogens with two attached hydrogens (primary N) is 2. The van der Waals surface area contributed by atoms with Crippen LogP contribution < -0.4 is 16.9 Å². The molecule has 6 heteroatoms. The number of anilines is 2. The summed E-state index contributed by atoms with van der Waals surface area (Å²) in [5.41, 5.74) is 15.7. The summed E-state index contributed by atoms with van der Waals surface area (Å²) in [6.45, 7) is 2.04. The highest BCUT2D eigenvalue weighted by Gasteiger charge is 2.23. The topological polar surface area (TPSA) is 86.9 Å². The first kappa shape index (κ1) is 15.2. The van der Waals surface area contributed by atoms with E-state index in [1.165, 1.54) is 10.3 Å². The fourth-order valence-electron chi connectivity index (χ4n) is 2.51. The van der Waals surface area contributed by atoms with Crippen LogP contribution in [-0.2, 0) is 0 Å². The summed E-state index contributed by atoms with van der Waals surface area (Å²) in [6.07, 6.45) is 5.34. The number of hydrogen-bond donors (Lipinski definition) is 2. The summed E-state index contributed by atoms with van der Waals surface area (Å²) in [6, 6.07) is 7.04. The third-order valence-electron chi connectivity index (χ3n) is 3.96. The van der Waals surface area contributed by atoms with Crippen LogP contribution in [0.2, 0.25) is 0 Å². The quantitative estimate of drug-likeness (QED) is 0.667. The summed E-state index contributed by atoms with van der Waals surface area (Å²) in [5.74, 6) is 0.0772. The summed E-state index contributed by atoms with van der Waals surface area (Å²) < 4.78 is 1.46. The van der Waals surface area contributed by atoms with Gasteiger partial charge < -0.3 is 11.5 Å². The Morgan fingerprint density at radius 2 is 1.87 bits per heavy atom. The normalized spacial score (nSPS) is 14.3. The molecule has 1 aliphatic rings. The standard InChI is InChI=1S/C17H17BN4O/c1-10-2-4-11(5-3-10)16(23)15-14(19)17(20)22(21-15)13-8-6-12(18)7-9-13/h2,4,6-9H,3,5,19-20H2,1H3. The molecule has 0 spiro atoms. The number of aromatic nitrogens is 2. The third-order valence-corrected chi connectivity index (χ3v) is 3.96. The van der Waals surface area contributed by atoms with Crippen LogP contribution in [0, 0.1) is 0 Å². The molecule has 2 aromatic rings. The Bertz CT molecular complexity index is 831. The molecule has 1 aromatic carbocycles. The Balaban J connectivity index is 2.00. The van der Waals surface area contributed by atoms with Crippen molar-refractivity contribution < 1.29 is 4.79 Å². The van der Waals surface area contributed by atoms with E-state index in [0.717, 1.165) is 6.42 Å². The van der Waals surface area contributed by atoms with Crippen LogP contribution in [0.1, 0.15) is 30.3 Å². The van der Waals surface area contributed by atoms with Crippen LogP contribution >= 0.6 is 0 Å². The average Bonchev–Trinajstić information content (AvgIpc) is 2.84. The van der Waals surface area contributed by atoms with Crippen LogP contribution in [-0.4, -0.2) is 23.4 Å². The maximum Gasteiger partial charge on any atom is 0.211 e. The molecule has 0 unspecified atom stereocenters. The molecule has 23 heavy (non-hydrogen) atoms. The Morgan fingerprint density at radius 1 is 1.17 bits per heavy atom. The maximum atomic E-state index is 12.6. The van der Waals surface area contributed by atoms with Crippen molar-refractivity contribution in [3.8, 4) is 5.69 Å². The van der Waals surface area contributed by atoms with E-state index < -0.39 is 0 Å². The van der Waals surface area contributed by atoms with Crippen molar-refractivity contribution >= 4 is 30.6 Å². The van der Waals surface area contributed by atoms with Crippen molar-refractivity contribution in [1.82, 2.24) is 9.78 Å². The van der Waals surface area contributed by atoms with Gasteiger partial charge in [-0.05, 0) is 31.9 Å². The second-order valence-electron chi connectivity index (χ2n) is 5.68. The fourth-order valence-corrected chi connectivity index (χ4v) is 2.51. The van der Waals surface area contributed by atoms with E-state index in [1.54, 1.807) is 24.3 Å². The Kier molecular flexibility index (Phi) is 3.82. The first-order valence-electron chi connectivity index (χ1n) is 7.38. The molecule has 1 aliphatic carbocycles. The lowest BCUT2D eigenvalue weighted by molar-refractivity contribution is 0.102. The number of carbonyl (C=O) groups excluding carboxylic acids is 1. The minimum atomic E-state index is -0.174. The van der Waals surface area contributed by atoms with Crippen LogP contribution in [0.15, 0.2) is 47.6 Å². The van der Waals surface area contributed by atoms with Crippen LogP contribution in [0.3, 0.4) is 0 Å². The highest BCUT2D eigenvalue weighted by atomic mass is 16.1. The highest BCUT2D eigenvalue weighted by Crippen LogP contribution is 2.28. The van der Waals surface area contributed by atoms with Gasteiger partial charge in [-0.3, -0.25) is 4.79 Å². The van der Waals surface area contributed by atoms with Crippen molar-refractivity contribution in [3.05, 3.63) is 53.3 Å². The number of ketones is 1. The van der Waals surface area contributed by atoms with Crippen molar-refractivity contribution in [1.29, 1.82) is 0 Å². The summed E-state index contributed by atoms with van der Waals surface area (Å²) in [5, 5.41) is 4.32. The molecule has 0 atom stereocenters. The number of allylic oxidation sites excluding steroid dienone is 4. The molecule has 3 rings (SSSR count). The monoisotopic (exact) mass is 304 g/mol. The molecule has 1 heterocycles. The van der Waals surface area contributed by atoms with Gasteiger partial charge in [0.15, 0.2) is 11.5 Å². The molecule has 0 saturated carbocycles. The zero-order valence-electron chi connectivity index (χ0n) is 12.9. The van der Waals surface area contributed by atoms with Crippen LogP contribution in [0.25, 0.3) is 5.69 Å². The number of rotatable bonds is 3. The largest absolute Gasteiger partial charge is 0.394 e. The number of carbonyl (C=O) groups is 1. The average molecular weight is 304 g/mol. The molecular weight excluding hydrogens is 287 g/mol. The number of benzene rings is 1. The first-order chi connectivity index (χ1) is 11.0. The van der Waals surface area contributed by atoms with Crippen molar-refractivity contribution in [3.63, 3.8) is 0 Å². The van der Waals surface area contributed by atoms with E-state index in [0.29, 0.717) is 23.1 Å². The zero-order chi connectivity index (χ0) is 16.6. The molecule has 1 aromatic heterocycles. The second-order valence-corrected chi connectivity index (χ2v) is 5.68. The third kappa shape index (κ3) is 2.80. The molecule has 0 saturated heterocycles. The lowest BCUT2D eigenvalue weighted by Crippen LogP contribution is -2.09. The molecule has 5 nitrogen and oxygen atoms in total. The number of nitrogens with zero attached hydrogens (tertiary/aromatic N) is 2. The molecule has 0 bridgehead atoms. The number of nitrogen functional groups attached to an aromatic ring is 2. The predicted octanol–water partition coefficient (Wildman–Crippen LogP) is 1.68. The number of Topliss-reactive ketones (excluding diaryl/α,β-unsaturated/α-hetero) is 1. The van der Waals surface area contributed by atoms with Crippen molar-refractivity contribution in [2.45, 2.75) is 19.8 Å². The van der Waals surface area contributed by atoms with E-state index in [1.807, 2.05) is 19.1 Å². The van der Waals surface area contributed by atoms with Gasteiger partial charge in [0.1, 0.15) is 13.5 Å². The number of hydrogen-bond acceptors (Lipinski definition) is 4. The summed E-state index contributed by atoms with van der Waals surface area (Å²) in [7, 11) is 5.68. The SMILES string of the molecule is [B]c1ccc(-n2nc(C(=O)C3=CC=C(C)CC3)c(N)c2N)cc1. The van der Waals surface area contributed by atoms with E-state index in [4.69, 9.17) is 19.3 Å². The minimum absolute atomic E-state index is 0.174. The molecule has 114 valence electrons. The predicted molar refractivity (Wildman–Crippen MR) is 93.2 cm³/mol. The molecule has 4 N–H and O–H groups in total. The first-order valence-corrected chi connectivity index (χ1v) is 7.38. The van der Waals surface area contributed by atoms with Gasteiger partial charge in [0.25, 0.3) is 0 Å². The van der Waals surface area contributed by atoms with Crippen LogP contribution in [0.5, 0.6) is 0 Å². The van der Waals surface area contributed by atoms with Crippen molar-refractivity contribution in [2.75, 3.05) is 11.5 Å². The fraction of sp³-hybridized carbons (Fsp3) is 0.176. The Morgan fingerprint density at radius 3 is 2.48 bits per heavy atom. The summed E-state index contributed by atoms with van der Waals surface area (Å²) in [4.78, 5) is 12.6. The zero-order valence-corrected chi connectivity index (χ0v) is 12.9. The molecule has 0 fully saturated rings. The van der Waals surface area contributed by atoms with E-state index in [-0.39, 0.29) is 23.0 Å². The Labute approximate surface area is 136 Å². The second kappa shape index (κ2) is 5.80. The lowest BCUT2D eigenvalue weighted by Gasteiger charge is -2.09.